The summed E-state index contributed by atoms with van der Waals surface area (Å²) in [4.78, 5) is 21.6. The highest BCUT2D eigenvalue weighted by atomic mass is 16.4. The summed E-state index contributed by atoms with van der Waals surface area (Å²) in [5.74, 6) is -1.75. The minimum absolute atomic E-state index is 0.321. The van der Waals surface area contributed by atoms with Gasteiger partial charge in [0.15, 0.2) is 5.78 Å². The first-order valence-corrected chi connectivity index (χ1v) is 4.10. The SMILES string of the molecule is O=C(O)CC(O)C(=O)c1ccccc1. The van der Waals surface area contributed by atoms with Crippen LogP contribution in [-0.2, 0) is 4.79 Å². The zero-order valence-corrected chi connectivity index (χ0v) is 7.38. The Morgan fingerprint density at radius 3 is 2.29 bits per heavy atom. The summed E-state index contributed by atoms with van der Waals surface area (Å²) in [6, 6.07) is 8.11. The maximum atomic E-state index is 11.4. The Kier molecular flexibility index (Phi) is 3.36. The second-order valence-corrected chi connectivity index (χ2v) is 2.84. The van der Waals surface area contributed by atoms with Crippen molar-refractivity contribution in [2.45, 2.75) is 12.5 Å². The highest BCUT2D eigenvalue weighted by Gasteiger charge is 2.19. The zero-order chi connectivity index (χ0) is 10.6. The highest BCUT2D eigenvalue weighted by Crippen LogP contribution is 2.05. The van der Waals surface area contributed by atoms with E-state index in [4.69, 9.17) is 5.11 Å². The number of ketones is 1. The Morgan fingerprint density at radius 2 is 1.79 bits per heavy atom. The smallest absolute Gasteiger partial charge is 0.306 e. The van der Waals surface area contributed by atoms with Crippen molar-refractivity contribution < 1.29 is 19.8 Å². The number of carbonyl (C=O) groups excluding carboxylic acids is 1. The average Bonchev–Trinajstić information content (AvgIpc) is 2.17. The van der Waals surface area contributed by atoms with Crippen LogP contribution >= 0.6 is 0 Å². The van der Waals surface area contributed by atoms with Gasteiger partial charge in [-0.05, 0) is 0 Å². The van der Waals surface area contributed by atoms with Crippen molar-refractivity contribution in [3.8, 4) is 0 Å². The zero-order valence-electron chi connectivity index (χ0n) is 7.38. The van der Waals surface area contributed by atoms with Gasteiger partial charge >= 0.3 is 5.97 Å². The molecule has 0 aliphatic heterocycles. The number of hydrogen-bond acceptors (Lipinski definition) is 3. The van der Waals surface area contributed by atoms with Crippen LogP contribution < -0.4 is 0 Å². The molecule has 1 aromatic rings. The van der Waals surface area contributed by atoms with Gasteiger partial charge in [-0.25, -0.2) is 0 Å². The number of carboxylic acid groups (broad SMARTS) is 1. The highest BCUT2D eigenvalue weighted by molar-refractivity contribution is 6.00. The molecule has 1 aromatic carbocycles. The molecular formula is C10H10O4. The topological polar surface area (TPSA) is 74.6 Å². The predicted molar refractivity (Wildman–Crippen MR) is 49.0 cm³/mol. The maximum Gasteiger partial charge on any atom is 0.306 e. The summed E-state index contributed by atoms with van der Waals surface area (Å²) >= 11 is 0. The fraction of sp³-hybridized carbons (Fsp3) is 0.200. The van der Waals surface area contributed by atoms with Gasteiger partial charge in [-0.2, -0.15) is 0 Å². The van der Waals surface area contributed by atoms with E-state index >= 15 is 0 Å². The number of rotatable bonds is 4. The van der Waals surface area contributed by atoms with E-state index in [9.17, 15) is 14.7 Å². The number of benzene rings is 1. The van der Waals surface area contributed by atoms with Crippen LogP contribution in [0.15, 0.2) is 30.3 Å². The summed E-state index contributed by atoms with van der Waals surface area (Å²) in [6.45, 7) is 0. The summed E-state index contributed by atoms with van der Waals surface area (Å²) in [5.41, 5.74) is 0.321. The van der Waals surface area contributed by atoms with Crippen LogP contribution in [0.3, 0.4) is 0 Å². The molecule has 0 aromatic heterocycles. The summed E-state index contributed by atoms with van der Waals surface area (Å²) in [7, 11) is 0. The van der Waals surface area contributed by atoms with E-state index in [1.54, 1.807) is 18.2 Å². The van der Waals surface area contributed by atoms with Gasteiger partial charge in [0.25, 0.3) is 0 Å². The molecule has 1 atom stereocenters. The first kappa shape index (κ1) is 10.4. The summed E-state index contributed by atoms with van der Waals surface area (Å²) in [6.07, 6.45) is -2.02. The second kappa shape index (κ2) is 4.53. The molecule has 1 unspecified atom stereocenters. The quantitative estimate of drug-likeness (QED) is 0.692. The normalized spacial score (nSPS) is 12.1. The third kappa shape index (κ3) is 2.67. The number of Topliss-reactive ketones (excluding diaryl/α,β-unsaturated/α-hetero) is 1. The van der Waals surface area contributed by atoms with Crippen LogP contribution in [0.5, 0.6) is 0 Å². The average molecular weight is 194 g/mol. The van der Waals surface area contributed by atoms with Crippen LogP contribution in [-0.4, -0.2) is 28.1 Å². The van der Waals surface area contributed by atoms with Crippen LogP contribution in [0.25, 0.3) is 0 Å². The molecule has 74 valence electrons. The van der Waals surface area contributed by atoms with Crippen LogP contribution in [0.2, 0.25) is 0 Å². The van der Waals surface area contributed by atoms with Crippen molar-refractivity contribution in [1.82, 2.24) is 0 Å². The van der Waals surface area contributed by atoms with E-state index < -0.39 is 24.3 Å². The van der Waals surface area contributed by atoms with Crippen LogP contribution in [0.1, 0.15) is 16.8 Å². The first-order chi connectivity index (χ1) is 6.61. The van der Waals surface area contributed by atoms with Crippen molar-refractivity contribution >= 4 is 11.8 Å². The number of carboxylic acids is 1. The molecule has 0 saturated heterocycles. The van der Waals surface area contributed by atoms with Crippen molar-refractivity contribution in [3.63, 3.8) is 0 Å². The number of hydrogen-bond donors (Lipinski definition) is 2. The Hall–Kier alpha value is -1.68. The summed E-state index contributed by atoms with van der Waals surface area (Å²) < 4.78 is 0. The van der Waals surface area contributed by atoms with Crippen molar-refractivity contribution in [2.75, 3.05) is 0 Å². The van der Waals surface area contributed by atoms with Crippen molar-refractivity contribution in [1.29, 1.82) is 0 Å². The van der Waals surface area contributed by atoms with Gasteiger partial charge in [-0.3, -0.25) is 9.59 Å². The minimum Gasteiger partial charge on any atom is -0.481 e. The maximum absolute atomic E-state index is 11.4. The van der Waals surface area contributed by atoms with Gasteiger partial charge in [0.1, 0.15) is 6.10 Å². The van der Waals surface area contributed by atoms with Crippen molar-refractivity contribution in [3.05, 3.63) is 35.9 Å². The van der Waals surface area contributed by atoms with Gasteiger partial charge in [0.2, 0.25) is 0 Å². The monoisotopic (exact) mass is 194 g/mol. The molecule has 0 heterocycles. The Morgan fingerprint density at radius 1 is 1.21 bits per heavy atom. The molecule has 0 aliphatic rings. The molecule has 0 aliphatic carbocycles. The largest absolute Gasteiger partial charge is 0.481 e. The first-order valence-electron chi connectivity index (χ1n) is 4.10. The van der Waals surface area contributed by atoms with Gasteiger partial charge in [-0.15, -0.1) is 0 Å². The molecule has 0 saturated carbocycles. The van der Waals surface area contributed by atoms with Gasteiger partial charge in [0, 0.05) is 5.56 Å². The lowest BCUT2D eigenvalue weighted by molar-refractivity contribution is -0.138. The molecule has 0 fully saturated rings. The number of aliphatic carboxylic acids is 1. The van der Waals surface area contributed by atoms with E-state index in [0.29, 0.717) is 5.56 Å². The number of aliphatic hydroxyl groups excluding tert-OH is 1. The molecular weight excluding hydrogens is 184 g/mol. The third-order valence-corrected chi connectivity index (χ3v) is 1.73. The molecule has 4 nitrogen and oxygen atoms in total. The lowest BCUT2D eigenvalue weighted by Crippen LogP contribution is -2.23. The Labute approximate surface area is 80.8 Å². The van der Waals surface area contributed by atoms with Gasteiger partial charge in [0.05, 0.1) is 6.42 Å². The fourth-order valence-electron chi connectivity index (χ4n) is 1.05. The number of carbonyl (C=O) groups is 2. The Bertz CT molecular complexity index is 331. The molecule has 0 spiro atoms. The van der Waals surface area contributed by atoms with Gasteiger partial charge in [-0.1, -0.05) is 30.3 Å². The van der Waals surface area contributed by atoms with Crippen molar-refractivity contribution in [2.24, 2.45) is 0 Å². The van der Waals surface area contributed by atoms with E-state index in [-0.39, 0.29) is 0 Å². The lowest BCUT2D eigenvalue weighted by Gasteiger charge is -2.05. The molecule has 1 rings (SSSR count). The fourth-order valence-corrected chi connectivity index (χ4v) is 1.05. The van der Waals surface area contributed by atoms with E-state index in [1.165, 1.54) is 12.1 Å². The Balaban J connectivity index is 2.71. The molecule has 2 N–H and O–H groups in total. The molecule has 14 heavy (non-hydrogen) atoms. The van der Waals surface area contributed by atoms with E-state index in [1.807, 2.05) is 0 Å². The molecule has 0 radical (unpaired) electrons. The third-order valence-electron chi connectivity index (χ3n) is 1.73. The van der Waals surface area contributed by atoms with E-state index in [0.717, 1.165) is 0 Å². The van der Waals surface area contributed by atoms with Crippen LogP contribution in [0.4, 0.5) is 0 Å². The van der Waals surface area contributed by atoms with Gasteiger partial charge < -0.3 is 10.2 Å². The summed E-state index contributed by atoms with van der Waals surface area (Å²) in [5, 5.41) is 17.6. The molecule has 0 amide bonds. The van der Waals surface area contributed by atoms with Crippen LogP contribution in [0, 0.1) is 0 Å². The predicted octanol–water partition coefficient (Wildman–Crippen LogP) is 0.705. The second-order valence-electron chi connectivity index (χ2n) is 2.84. The van der Waals surface area contributed by atoms with E-state index in [2.05, 4.69) is 0 Å². The minimum atomic E-state index is -1.46. The molecule has 0 bridgehead atoms. The molecule has 4 heteroatoms. The lowest BCUT2D eigenvalue weighted by atomic mass is 10.0. The number of aliphatic hydroxyl groups is 1. The standard InChI is InChI=1S/C10H10O4/c11-8(6-9(12)13)10(14)7-4-2-1-3-5-7/h1-5,8,11H,6H2,(H,12,13).